The van der Waals surface area contributed by atoms with Crippen LogP contribution in [-0.4, -0.2) is 64.9 Å². The summed E-state index contributed by atoms with van der Waals surface area (Å²) in [5.41, 5.74) is 0. The average molecular weight is 670 g/mol. The van der Waals surface area contributed by atoms with E-state index in [4.69, 9.17) is 4.74 Å². The van der Waals surface area contributed by atoms with Crippen molar-refractivity contribution in [2.24, 2.45) is 0 Å². The standard InChI is InChI=1S/C34H56NO10P/c1-3-5-7-9-10-11-12-13-14-15-16-17-18-19-20-22-24-26-33(38)43-27-30(36)28-44-46(41,42)45-29-31(34(39)40)35-32(37)25-23-21-8-6-4-2/h5,7,10-11,13-14,16-17,19-20,30-31,36H,3-4,6,8-9,12,15,18,21-29H2,1-2H3,(H,35,37)(H,39,40)(H,41,42)/b7-5-,11-10-,14-13-,17-16-,20-19-. The zero-order valence-corrected chi connectivity index (χ0v) is 28.5. The number of aliphatic carboxylic acids is 1. The number of nitrogens with one attached hydrogen (secondary N) is 1. The fourth-order valence-electron chi connectivity index (χ4n) is 3.76. The molecule has 46 heavy (non-hydrogen) atoms. The highest BCUT2D eigenvalue weighted by Gasteiger charge is 2.28. The van der Waals surface area contributed by atoms with E-state index >= 15 is 0 Å². The SMILES string of the molecule is CC/C=C\C/C=C\C/C=C\C/C=C\C/C=C\CCCC(=O)OCC(O)COP(=O)(O)OCC(NC(=O)CCCCCCC)C(=O)O. The molecule has 0 saturated heterocycles. The summed E-state index contributed by atoms with van der Waals surface area (Å²) in [5, 5.41) is 21.5. The predicted octanol–water partition coefficient (Wildman–Crippen LogP) is 6.88. The fraction of sp³-hybridized carbons (Fsp3) is 0.618. The van der Waals surface area contributed by atoms with Gasteiger partial charge in [0.05, 0.1) is 13.2 Å². The van der Waals surface area contributed by atoms with Crippen LogP contribution < -0.4 is 5.32 Å². The molecule has 0 aromatic heterocycles. The molecule has 262 valence electrons. The third kappa shape index (κ3) is 28.6. The first kappa shape index (κ1) is 43.2. The predicted molar refractivity (Wildman–Crippen MR) is 180 cm³/mol. The maximum Gasteiger partial charge on any atom is 0.472 e. The number of amides is 1. The summed E-state index contributed by atoms with van der Waals surface area (Å²) in [6.07, 6.45) is 30.5. The van der Waals surface area contributed by atoms with Crippen molar-refractivity contribution < 1.29 is 47.8 Å². The van der Waals surface area contributed by atoms with Crippen LogP contribution in [0.25, 0.3) is 0 Å². The van der Waals surface area contributed by atoms with Crippen molar-refractivity contribution in [3.8, 4) is 0 Å². The molecule has 0 fully saturated rings. The number of ether oxygens (including phenoxy) is 1. The number of phosphoric ester groups is 1. The number of carbonyl (C=O) groups excluding carboxylic acids is 2. The molecule has 0 heterocycles. The maximum absolute atomic E-state index is 12.1. The Hall–Kier alpha value is -2.82. The Morgan fingerprint density at radius 1 is 0.717 bits per heavy atom. The van der Waals surface area contributed by atoms with E-state index in [1.807, 2.05) is 12.2 Å². The Morgan fingerprint density at radius 3 is 1.83 bits per heavy atom. The topological polar surface area (TPSA) is 169 Å². The third-order valence-electron chi connectivity index (χ3n) is 6.32. The van der Waals surface area contributed by atoms with Crippen molar-refractivity contribution in [3.63, 3.8) is 0 Å². The van der Waals surface area contributed by atoms with Gasteiger partial charge in [0.1, 0.15) is 12.7 Å². The zero-order chi connectivity index (χ0) is 34.3. The van der Waals surface area contributed by atoms with Crippen LogP contribution in [0.3, 0.4) is 0 Å². The summed E-state index contributed by atoms with van der Waals surface area (Å²) in [4.78, 5) is 45.1. The van der Waals surface area contributed by atoms with Gasteiger partial charge in [-0.25, -0.2) is 9.36 Å². The Balaban J connectivity index is 4.06. The first-order valence-electron chi connectivity index (χ1n) is 16.3. The number of carboxylic acid groups (broad SMARTS) is 1. The fourth-order valence-corrected chi connectivity index (χ4v) is 4.53. The minimum absolute atomic E-state index is 0.134. The molecule has 0 rings (SSSR count). The number of rotatable bonds is 29. The summed E-state index contributed by atoms with van der Waals surface area (Å²) in [7, 11) is -4.75. The Kier molecular flexibility index (Phi) is 27.8. The summed E-state index contributed by atoms with van der Waals surface area (Å²) >= 11 is 0. The first-order chi connectivity index (χ1) is 22.1. The van der Waals surface area contributed by atoms with Crippen molar-refractivity contribution in [2.75, 3.05) is 19.8 Å². The van der Waals surface area contributed by atoms with Crippen molar-refractivity contribution in [3.05, 3.63) is 60.8 Å². The number of unbranched alkanes of at least 4 members (excludes halogenated alkanes) is 5. The van der Waals surface area contributed by atoms with Gasteiger partial charge in [-0.15, -0.1) is 0 Å². The number of aliphatic hydroxyl groups excluding tert-OH is 1. The molecule has 4 N–H and O–H groups in total. The van der Waals surface area contributed by atoms with Crippen molar-refractivity contribution >= 4 is 25.7 Å². The second kappa shape index (κ2) is 29.6. The van der Waals surface area contributed by atoms with Crippen LogP contribution in [0.15, 0.2) is 60.8 Å². The number of hydrogen-bond donors (Lipinski definition) is 4. The highest BCUT2D eigenvalue weighted by molar-refractivity contribution is 7.47. The number of hydrogen-bond acceptors (Lipinski definition) is 8. The van der Waals surface area contributed by atoms with Gasteiger partial charge in [0, 0.05) is 12.8 Å². The lowest BCUT2D eigenvalue weighted by Crippen LogP contribution is -2.43. The van der Waals surface area contributed by atoms with E-state index in [0.29, 0.717) is 19.3 Å². The number of aliphatic hydroxyl groups is 1. The Morgan fingerprint density at radius 2 is 1.26 bits per heavy atom. The number of carbonyl (C=O) groups is 3. The van der Waals surface area contributed by atoms with Gasteiger partial charge in [-0.2, -0.15) is 0 Å². The number of phosphoric acid groups is 1. The summed E-state index contributed by atoms with van der Waals surface area (Å²) in [6.45, 7) is 2.24. The van der Waals surface area contributed by atoms with E-state index in [9.17, 15) is 34.1 Å². The van der Waals surface area contributed by atoms with Crippen molar-refractivity contribution in [1.29, 1.82) is 0 Å². The van der Waals surface area contributed by atoms with Crippen LogP contribution in [0.2, 0.25) is 0 Å². The highest BCUT2D eigenvalue weighted by atomic mass is 31.2. The quantitative estimate of drug-likeness (QED) is 0.0285. The Bertz CT molecular complexity index is 1020. The highest BCUT2D eigenvalue weighted by Crippen LogP contribution is 2.43. The second-order valence-corrected chi connectivity index (χ2v) is 12.1. The molecule has 3 atom stereocenters. The lowest BCUT2D eigenvalue weighted by Gasteiger charge is -2.18. The number of allylic oxidation sites excluding steroid dienone is 10. The van der Waals surface area contributed by atoms with Crippen LogP contribution in [0.5, 0.6) is 0 Å². The smallest absolute Gasteiger partial charge is 0.472 e. The molecule has 0 radical (unpaired) electrons. The van der Waals surface area contributed by atoms with Crippen LogP contribution in [0.1, 0.15) is 104 Å². The van der Waals surface area contributed by atoms with Gasteiger partial charge in [-0.05, 0) is 51.4 Å². The van der Waals surface area contributed by atoms with Gasteiger partial charge in [0.15, 0.2) is 6.04 Å². The summed E-state index contributed by atoms with van der Waals surface area (Å²) in [6, 6.07) is -1.55. The number of esters is 1. The Labute approximate surface area is 275 Å². The van der Waals surface area contributed by atoms with E-state index in [0.717, 1.165) is 57.8 Å². The molecule has 0 bridgehead atoms. The van der Waals surface area contributed by atoms with E-state index in [-0.39, 0.29) is 12.8 Å². The lowest BCUT2D eigenvalue weighted by molar-refractivity contribution is -0.147. The van der Waals surface area contributed by atoms with E-state index in [1.165, 1.54) is 0 Å². The molecule has 0 aromatic carbocycles. The van der Waals surface area contributed by atoms with Gasteiger partial charge < -0.3 is 25.2 Å². The molecular formula is C34H56NO10P. The van der Waals surface area contributed by atoms with E-state index in [1.54, 1.807) is 0 Å². The van der Waals surface area contributed by atoms with Gasteiger partial charge in [-0.3, -0.25) is 18.6 Å². The largest absolute Gasteiger partial charge is 0.480 e. The molecule has 12 heteroatoms. The minimum Gasteiger partial charge on any atom is -0.480 e. The molecule has 0 saturated carbocycles. The number of carboxylic acids is 1. The lowest BCUT2D eigenvalue weighted by atomic mass is 10.1. The second-order valence-electron chi connectivity index (χ2n) is 10.6. The van der Waals surface area contributed by atoms with Crippen LogP contribution >= 0.6 is 7.82 Å². The zero-order valence-electron chi connectivity index (χ0n) is 27.6. The molecule has 0 aliphatic carbocycles. The first-order valence-corrected chi connectivity index (χ1v) is 17.8. The molecular weight excluding hydrogens is 613 g/mol. The van der Waals surface area contributed by atoms with Gasteiger partial charge in [0.2, 0.25) is 5.91 Å². The molecule has 3 unspecified atom stereocenters. The third-order valence-corrected chi connectivity index (χ3v) is 7.27. The normalized spacial score (nSPS) is 14.9. The maximum atomic E-state index is 12.1. The van der Waals surface area contributed by atoms with Crippen LogP contribution in [0.4, 0.5) is 0 Å². The van der Waals surface area contributed by atoms with Crippen molar-refractivity contribution in [1.82, 2.24) is 5.32 Å². The van der Waals surface area contributed by atoms with E-state index in [2.05, 4.69) is 76.8 Å². The van der Waals surface area contributed by atoms with Crippen molar-refractivity contribution in [2.45, 2.75) is 116 Å². The molecule has 0 aliphatic heterocycles. The summed E-state index contributed by atoms with van der Waals surface area (Å²) in [5.74, 6) is -2.47. The average Bonchev–Trinajstić information content (AvgIpc) is 3.02. The summed E-state index contributed by atoms with van der Waals surface area (Å²) < 4.78 is 26.4. The van der Waals surface area contributed by atoms with Crippen LogP contribution in [-0.2, 0) is 32.7 Å². The van der Waals surface area contributed by atoms with E-state index < -0.39 is 57.6 Å². The minimum atomic E-state index is -4.75. The van der Waals surface area contributed by atoms with Crippen LogP contribution in [0, 0.1) is 0 Å². The van der Waals surface area contributed by atoms with Gasteiger partial charge in [0.25, 0.3) is 0 Å². The molecule has 0 aromatic rings. The molecule has 1 amide bonds. The van der Waals surface area contributed by atoms with Gasteiger partial charge in [-0.1, -0.05) is 100 Å². The monoisotopic (exact) mass is 669 g/mol. The molecule has 11 nitrogen and oxygen atoms in total. The van der Waals surface area contributed by atoms with Gasteiger partial charge >= 0.3 is 19.8 Å². The molecule has 0 aliphatic rings. The molecule has 0 spiro atoms.